The van der Waals surface area contributed by atoms with Gasteiger partial charge in [0.1, 0.15) is 0 Å². The van der Waals surface area contributed by atoms with E-state index in [2.05, 4.69) is 4.74 Å². The zero-order valence-electron chi connectivity index (χ0n) is 9.33. The van der Waals surface area contributed by atoms with E-state index in [-0.39, 0.29) is 18.5 Å². The largest absolute Gasteiger partial charge is 0.469 e. The van der Waals surface area contributed by atoms with Gasteiger partial charge in [0.05, 0.1) is 18.1 Å². The minimum absolute atomic E-state index is 0.0698. The van der Waals surface area contributed by atoms with Crippen molar-refractivity contribution in [1.82, 2.24) is 0 Å². The molecule has 1 aromatic carbocycles. The number of nitro benzene ring substituents is 1. The topological polar surface area (TPSA) is 89.7 Å². The van der Waals surface area contributed by atoms with E-state index in [4.69, 9.17) is 0 Å². The number of rotatable bonds is 5. The van der Waals surface area contributed by atoms with Gasteiger partial charge in [-0.15, -0.1) is 0 Å². The third-order valence-corrected chi connectivity index (χ3v) is 2.32. The number of hydrogen-bond donors (Lipinski definition) is 1. The van der Waals surface area contributed by atoms with Crippen LogP contribution < -0.4 is 0 Å². The molecule has 1 atom stereocenters. The lowest BCUT2D eigenvalue weighted by molar-refractivity contribution is -0.385. The van der Waals surface area contributed by atoms with E-state index in [1.54, 1.807) is 6.07 Å². The maximum Gasteiger partial charge on any atom is 0.305 e. The summed E-state index contributed by atoms with van der Waals surface area (Å²) in [5.74, 6) is -0.422. The number of aliphatic hydroxyl groups excluding tert-OH is 1. The Kier molecular flexibility index (Phi) is 4.59. The number of hydrogen-bond acceptors (Lipinski definition) is 5. The highest BCUT2D eigenvalue weighted by Gasteiger charge is 2.13. The Morgan fingerprint density at radius 2 is 2.29 bits per heavy atom. The molecule has 0 bridgehead atoms. The molecule has 0 aliphatic heterocycles. The van der Waals surface area contributed by atoms with Crippen LogP contribution in [0.25, 0.3) is 0 Å². The molecule has 0 aromatic heterocycles. The molecule has 17 heavy (non-hydrogen) atoms. The van der Waals surface area contributed by atoms with E-state index in [0.29, 0.717) is 5.56 Å². The van der Waals surface area contributed by atoms with Crippen LogP contribution in [0.4, 0.5) is 5.69 Å². The summed E-state index contributed by atoms with van der Waals surface area (Å²) in [5.41, 5.74) is 0.336. The second-order valence-electron chi connectivity index (χ2n) is 3.48. The molecular formula is C11H13NO5. The van der Waals surface area contributed by atoms with Crippen molar-refractivity contribution in [2.75, 3.05) is 7.11 Å². The molecule has 0 amide bonds. The van der Waals surface area contributed by atoms with E-state index in [0.717, 1.165) is 0 Å². The number of benzene rings is 1. The highest BCUT2D eigenvalue weighted by atomic mass is 16.6. The minimum atomic E-state index is -0.908. The van der Waals surface area contributed by atoms with E-state index in [1.807, 2.05) is 0 Å². The zero-order valence-corrected chi connectivity index (χ0v) is 9.33. The fourth-order valence-electron chi connectivity index (χ4n) is 1.37. The number of aliphatic hydroxyl groups is 1. The third kappa shape index (κ3) is 3.84. The van der Waals surface area contributed by atoms with Gasteiger partial charge in [0.2, 0.25) is 0 Å². The fourth-order valence-corrected chi connectivity index (χ4v) is 1.37. The van der Waals surface area contributed by atoms with Crippen molar-refractivity contribution in [2.45, 2.75) is 18.9 Å². The fraction of sp³-hybridized carbons (Fsp3) is 0.364. The molecule has 1 unspecified atom stereocenters. The molecule has 0 radical (unpaired) electrons. The number of carbonyl (C=O) groups excluding carboxylic acids is 1. The van der Waals surface area contributed by atoms with Gasteiger partial charge in [-0.3, -0.25) is 14.9 Å². The summed E-state index contributed by atoms with van der Waals surface area (Å²) in [7, 11) is 1.27. The maximum absolute atomic E-state index is 10.9. The Morgan fingerprint density at radius 1 is 1.59 bits per heavy atom. The second kappa shape index (κ2) is 5.95. The van der Waals surface area contributed by atoms with Crippen LogP contribution in [0.1, 0.15) is 24.5 Å². The molecule has 0 heterocycles. The number of non-ortho nitro benzene ring substituents is 1. The van der Waals surface area contributed by atoms with Crippen molar-refractivity contribution >= 4 is 11.7 Å². The number of nitro groups is 1. The van der Waals surface area contributed by atoms with E-state index >= 15 is 0 Å². The van der Waals surface area contributed by atoms with Crippen LogP contribution >= 0.6 is 0 Å². The van der Waals surface area contributed by atoms with Gasteiger partial charge in [-0.25, -0.2) is 0 Å². The van der Waals surface area contributed by atoms with E-state index < -0.39 is 17.0 Å². The summed E-state index contributed by atoms with van der Waals surface area (Å²) in [6, 6.07) is 5.71. The van der Waals surface area contributed by atoms with Crippen LogP contribution in [0.5, 0.6) is 0 Å². The van der Waals surface area contributed by atoms with Crippen molar-refractivity contribution in [3.05, 3.63) is 39.9 Å². The first-order valence-electron chi connectivity index (χ1n) is 5.04. The SMILES string of the molecule is COC(=O)CCC(O)c1cccc([N+](=O)[O-])c1. The summed E-state index contributed by atoms with van der Waals surface area (Å²) >= 11 is 0. The molecule has 1 rings (SSSR count). The lowest BCUT2D eigenvalue weighted by Crippen LogP contribution is -2.05. The first-order valence-corrected chi connectivity index (χ1v) is 5.04. The molecule has 0 saturated carbocycles. The zero-order chi connectivity index (χ0) is 12.8. The Morgan fingerprint density at radius 3 is 2.88 bits per heavy atom. The van der Waals surface area contributed by atoms with Crippen molar-refractivity contribution in [1.29, 1.82) is 0 Å². The Balaban J connectivity index is 2.68. The van der Waals surface area contributed by atoms with Gasteiger partial charge in [0.25, 0.3) is 5.69 Å². The van der Waals surface area contributed by atoms with Crippen molar-refractivity contribution in [3.8, 4) is 0 Å². The maximum atomic E-state index is 10.9. The van der Waals surface area contributed by atoms with Crippen LogP contribution in [0.15, 0.2) is 24.3 Å². The van der Waals surface area contributed by atoms with Gasteiger partial charge in [-0.1, -0.05) is 12.1 Å². The van der Waals surface area contributed by atoms with Gasteiger partial charge in [0.15, 0.2) is 0 Å². The van der Waals surface area contributed by atoms with Crippen LogP contribution in [0, 0.1) is 10.1 Å². The molecular weight excluding hydrogens is 226 g/mol. The van der Waals surface area contributed by atoms with Crippen molar-refractivity contribution < 1.29 is 19.6 Å². The van der Waals surface area contributed by atoms with Gasteiger partial charge in [-0.2, -0.15) is 0 Å². The lowest BCUT2D eigenvalue weighted by Gasteiger charge is -2.09. The Hall–Kier alpha value is -1.95. The van der Waals surface area contributed by atoms with Crippen LogP contribution in [0.3, 0.4) is 0 Å². The lowest BCUT2D eigenvalue weighted by atomic mass is 10.0. The summed E-state index contributed by atoms with van der Waals surface area (Å²) < 4.78 is 4.44. The number of nitrogens with zero attached hydrogens (tertiary/aromatic N) is 1. The number of ether oxygens (including phenoxy) is 1. The summed E-state index contributed by atoms with van der Waals surface area (Å²) in [5, 5.41) is 20.3. The molecule has 1 aromatic rings. The molecule has 1 N–H and O–H groups in total. The average Bonchev–Trinajstić information content (AvgIpc) is 2.35. The number of methoxy groups -OCH3 is 1. The molecule has 0 saturated heterocycles. The first-order chi connectivity index (χ1) is 8.04. The Labute approximate surface area is 98.0 Å². The average molecular weight is 239 g/mol. The van der Waals surface area contributed by atoms with Gasteiger partial charge in [-0.05, 0) is 12.0 Å². The summed E-state index contributed by atoms with van der Waals surface area (Å²) in [6.45, 7) is 0. The molecule has 0 fully saturated rings. The summed E-state index contributed by atoms with van der Waals surface area (Å²) in [4.78, 5) is 20.9. The molecule has 92 valence electrons. The normalized spacial score (nSPS) is 11.9. The quantitative estimate of drug-likeness (QED) is 0.478. The molecule has 0 aliphatic carbocycles. The molecule has 0 spiro atoms. The standard InChI is InChI=1S/C11H13NO5/c1-17-11(14)6-5-10(13)8-3-2-4-9(7-8)12(15)16/h2-4,7,10,13H,5-6H2,1H3. The number of carbonyl (C=O) groups is 1. The highest BCUT2D eigenvalue weighted by molar-refractivity contribution is 5.69. The highest BCUT2D eigenvalue weighted by Crippen LogP contribution is 2.22. The minimum Gasteiger partial charge on any atom is -0.469 e. The van der Waals surface area contributed by atoms with Crippen LogP contribution in [0.2, 0.25) is 0 Å². The molecule has 6 heteroatoms. The van der Waals surface area contributed by atoms with Crippen LogP contribution in [-0.2, 0) is 9.53 Å². The third-order valence-electron chi connectivity index (χ3n) is 2.32. The second-order valence-corrected chi connectivity index (χ2v) is 3.48. The first kappa shape index (κ1) is 13.1. The Bertz CT molecular complexity index is 418. The van der Waals surface area contributed by atoms with Gasteiger partial charge < -0.3 is 9.84 Å². The van der Waals surface area contributed by atoms with Crippen LogP contribution in [-0.4, -0.2) is 23.1 Å². The predicted molar refractivity (Wildman–Crippen MR) is 59.3 cm³/mol. The van der Waals surface area contributed by atoms with Gasteiger partial charge >= 0.3 is 5.97 Å². The van der Waals surface area contributed by atoms with Crippen molar-refractivity contribution in [2.24, 2.45) is 0 Å². The van der Waals surface area contributed by atoms with Crippen molar-refractivity contribution in [3.63, 3.8) is 0 Å². The summed E-state index contributed by atoms with van der Waals surface area (Å²) in [6.07, 6.45) is -0.664. The van der Waals surface area contributed by atoms with E-state index in [1.165, 1.54) is 25.3 Å². The van der Waals surface area contributed by atoms with Gasteiger partial charge in [0, 0.05) is 18.6 Å². The molecule has 6 nitrogen and oxygen atoms in total. The number of esters is 1. The molecule has 0 aliphatic rings. The predicted octanol–water partition coefficient (Wildman–Crippen LogP) is 1.58. The van der Waals surface area contributed by atoms with E-state index in [9.17, 15) is 20.0 Å². The smallest absolute Gasteiger partial charge is 0.305 e. The monoisotopic (exact) mass is 239 g/mol.